The summed E-state index contributed by atoms with van der Waals surface area (Å²) in [6.07, 6.45) is 1.83. The lowest BCUT2D eigenvalue weighted by atomic mass is 10.1. The van der Waals surface area contributed by atoms with Gasteiger partial charge in [0.1, 0.15) is 5.82 Å². The molecule has 0 aliphatic carbocycles. The summed E-state index contributed by atoms with van der Waals surface area (Å²) in [6, 6.07) is 14.9. The van der Waals surface area contributed by atoms with Gasteiger partial charge in [-0.1, -0.05) is 48.0 Å². The van der Waals surface area contributed by atoms with Crippen molar-refractivity contribution in [3.05, 3.63) is 70.5 Å². The Bertz CT molecular complexity index is 666. The van der Waals surface area contributed by atoms with Crippen molar-refractivity contribution in [2.75, 3.05) is 5.75 Å². The Hall–Kier alpha value is -1.52. The quantitative estimate of drug-likeness (QED) is 0.724. The average Bonchev–Trinajstić information content (AvgIpc) is 2.56. The summed E-state index contributed by atoms with van der Waals surface area (Å²) in [7, 11) is 0. The topological polar surface area (TPSA) is 29.1 Å². The molecule has 2 aromatic carbocycles. The SMILES string of the molecule is C[C@@H](CCc1ccccc1)NC(=O)CSCc1ccc(Cl)cc1F. The van der Waals surface area contributed by atoms with Crippen LogP contribution in [-0.4, -0.2) is 17.7 Å². The molecule has 0 heterocycles. The van der Waals surface area contributed by atoms with E-state index in [1.54, 1.807) is 12.1 Å². The molecule has 0 unspecified atom stereocenters. The van der Waals surface area contributed by atoms with Crippen LogP contribution in [-0.2, 0) is 17.0 Å². The van der Waals surface area contributed by atoms with Gasteiger partial charge in [0.15, 0.2) is 0 Å². The third-order valence-electron chi connectivity index (χ3n) is 3.62. The molecule has 1 atom stereocenters. The van der Waals surface area contributed by atoms with Gasteiger partial charge in [-0.05, 0) is 43.0 Å². The zero-order valence-corrected chi connectivity index (χ0v) is 15.2. The maximum absolute atomic E-state index is 13.6. The largest absolute Gasteiger partial charge is 0.353 e. The fraction of sp³-hybridized carbons (Fsp3) is 0.316. The van der Waals surface area contributed by atoms with Crippen molar-refractivity contribution >= 4 is 29.3 Å². The maximum atomic E-state index is 13.6. The van der Waals surface area contributed by atoms with Crippen molar-refractivity contribution in [2.24, 2.45) is 0 Å². The number of carbonyl (C=O) groups excluding carboxylic acids is 1. The molecule has 128 valence electrons. The Morgan fingerprint density at radius 3 is 2.71 bits per heavy atom. The monoisotopic (exact) mass is 365 g/mol. The van der Waals surface area contributed by atoms with Gasteiger partial charge < -0.3 is 5.32 Å². The summed E-state index contributed by atoms with van der Waals surface area (Å²) in [4.78, 5) is 11.9. The van der Waals surface area contributed by atoms with E-state index in [9.17, 15) is 9.18 Å². The van der Waals surface area contributed by atoms with Gasteiger partial charge in [-0.2, -0.15) is 0 Å². The number of hydrogen-bond donors (Lipinski definition) is 1. The van der Waals surface area contributed by atoms with Crippen LogP contribution in [0.4, 0.5) is 4.39 Å². The third kappa shape index (κ3) is 6.54. The van der Waals surface area contributed by atoms with Crippen LogP contribution in [0.25, 0.3) is 0 Å². The molecule has 2 nitrogen and oxygen atoms in total. The summed E-state index contributed by atoms with van der Waals surface area (Å²) in [5.41, 5.74) is 1.83. The van der Waals surface area contributed by atoms with E-state index in [4.69, 9.17) is 11.6 Å². The molecule has 2 aromatic rings. The van der Waals surface area contributed by atoms with Crippen LogP contribution >= 0.6 is 23.4 Å². The van der Waals surface area contributed by atoms with E-state index in [2.05, 4.69) is 17.4 Å². The Balaban J connectivity index is 1.67. The molecule has 0 aliphatic heterocycles. The van der Waals surface area contributed by atoms with Gasteiger partial charge in [0.2, 0.25) is 5.91 Å². The van der Waals surface area contributed by atoms with E-state index >= 15 is 0 Å². The lowest BCUT2D eigenvalue weighted by molar-refractivity contribution is -0.119. The fourth-order valence-corrected chi connectivity index (χ4v) is 3.29. The molecule has 1 amide bonds. The number of hydrogen-bond acceptors (Lipinski definition) is 2. The lowest BCUT2D eigenvalue weighted by Crippen LogP contribution is -2.34. The van der Waals surface area contributed by atoms with E-state index < -0.39 is 0 Å². The van der Waals surface area contributed by atoms with Crippen molar-refractivity contribution in [3.8, 4) is 0 Å². The molecular weight excluding hydrogens is 345 g/mol. The Morgan fingerprint density at radius 1 is 1.25 bits per heavy atom. The molecule has 0 aromatic heterocycles. The molecule has 1 N–H and O–H groups in total. The van der Waals surface area contributed by atoms with Crippen LogP contribution in [0.1, 0.15) is 24.5 Å². The summed E-state index contributed by atoms with van der Waals surface area (Å²) >= 11 is 7.12. The first-order valence-corrected chi connectivity index (χ1v) is 9.43. The number of thioether (sulfide) groups is 1. The van der Waals surface area contributed by atoms with Gasteiger partial charge in [0.25, 0.3) is 0 Å². The van der Waals surface area contributed by atoms with Crippen LogP contribution in [0.2, 0.25) is 5.02 Å². The first-order valence-electron chi connectivity index (χ1n) is 7.89. The van der Waals surface area contributed by atoms with Crippen molar-refractivity contribution < 1.29 is 9.18 Å². The van der Waals surface area contributed by atoms with Crippen LogP contribution in [0.5, 0.6) is 0 Å². The highest BCUT2D eigenvalue weighted by molar-refractivity contribution is 7.99. The molecule has 0 saturated heterocycles. The standard InChI is InChI=1S/C19H21ClFNOS/c1-14(7-8-15-5-3-2-4-6-15)22-19(23)13-24-12-16-9-10-17(20)11-18(16)21/h2-6,9-11,14H,7-8,12-13H2,1H3,(H,22,23)/t14-/m0/s1. The highest BCUT2D eigenvalue weighted by atomic mass is 35.5. The van der Waals surface area contributed by atoms with E-state index in [1.807, 2.05) is 25.1 Å². The van der Waals surface area contributed by atoms with E-state index in [-0.39, 0.29) is 17.8 Å². The zero-order valence-electron chi connectivity index (χ0n) is 13.6. The minimum atomic E-state index is -0.327. The van der Waals surface area contributed by atoms with E-state index in [0.29, 0.717) is 22.1 Å². The van der Waals surface area contributed by atoms with Crippen LogP contribution in [0, 0.1) is 5.82 Å². The van der Waals surface area contributed by atoms with Crippen molar-refractivity contribution in [2.45, 2.75) is 31.6 Å². The van der Waals surface area contributed by atoms with E-state index in [1.165, 1.54) is 23.4 Å². The van der Waals surface area contributed by atoms with Gasteiger partial charge in [0.05, 0.1) is 5.75 Å². The van der Waals surface area contributed by atoms with Gasteiger partial charge >= 0.3 is 0 Å². The van der Waals surface area contributed by atoms with Gasteiger partial charge in [0, 0.05) is 16.8 Å². The van der Waals surface area contributed by atoms with Crippen LogP contribution in [0.3, 0.4) is 0 Å². The van der Waals surface area contributed by atoms with Crippen molar-refractivity contribution in [1.29, 1.82) is 0 Å². The molecule has 5 heteroatoms. The molecule has 0 radical (unpaired) electrons. The predicted molar refractivity (Wildman–Crippen MR) is 99.9 cm³/mol. The lowest BCUT2D eigenvalue weighted by Gasteiger charge is -2.14. The summed E-state index contributed by atoms with van der Waals surface area (Å²) < 4.78 is 13.6. The first kappa shape index (κ1) is 18.8. The molecule has 0 fully saturated rings. The fourth-order valence-electron chi connectivity index (χ4n) is 2.31. The Kier molecular flexibility index (Phi) is 7.60. The number of carbonyl (C=O) groups is 1. The minimum Gasteiger partial charge on any atom is -0.353 e. The molecule has 0 saturated carbocycles. The highest BCUT2D eigenvalue weighted by Gasteiger charge is 2.09. The van der Waals surface area contributed by atoms with E-state index in [0.717, 1.165) is 12.8 Å². The number of rotatable bonds is 8. The van der Waals surface area contributed by atoms with Crippen LogP contribution < -0.4 is 5.32 Å². The smallest absolute Gasteiger partial charge is 0.230 e. The van der Waals surface area contributed by atoms with Crippen LogP contribution in [0.15, 0.2) is 48.5 Å². The summed E-state index contributed by atoms with van der Waals surface area (Å²) in [6.45, 7) is 2.00. The zero-order chi connectivity index (χ0) is 17.4. The molecule has 0 bridgehead atoms. The predicted octanol–water partition coefficient (Wildman–Crippen LogP) is 4.85. The molecule has 24 heavy (non-hydrogen) atoms. The number of halogens is 2. The second kappa shape index (κ2) is 9.70. The number of amides is 1. The number of aryl methyl sites for hydroxylation is 1. The number of benzene rings is 2. The minimum absolute atomic E-state index is 0.0186. The van der Waals surface area contributed by atoms with Gasteiger partial charge in [-0.3, -0.25) is 4.79 Å². The molecule has 0 aliphatic rings. The maximum Gasteiger partial charge on any atom is 0.230 e. The summed E-state index contributed by atoms with van der Waals surface area (Å²) in [5, 5.41) is 3.37. The number of nitrogens with one attached hydrogen (secondary N) is 1. The van der Waals surface area contributed by atoms with Crippen molar-refractivity contribution in [1.82, 2.24) is 5.32 Å². The van der Waals surface area contributed by atoms with Gasteiger partial charge in [-0.15, -0.1) is 11.8 Å². The van der Waals surface area contributed by atoms with Gasteiger partial charge in [-0.25, -0.2) is 4.39 Å². The molecular formula is C19H21ClFNOS. The molecule has 2 rings (SSSR count). The van der Waals surface area contributed by atoms with Crippen molar-refractivity contribution in [3.63, 3.8) is 0 Å². The molecule has 0 spiro atoms. The first-order chi connectivity index (χ1) is 11.5. The highest BCUT2D eigenvalue weighted by Crippen LogP contribution is 2.19. The normalized spacial score (nSPS) is 12.0. The Morgan fingerprint density at radius 2 is 2.00 bits per heavy atom. The second-order valence-corrected chi connectivity index (χ2v) is 7.14. The average molecular weight is 366 g/mol. The Labute approximate surface area is 151 Å². The second-order valence-electron chi connectivity index (χ2n) is 5.72. The summed E-state index contributed by atoms with van der Waals surface area (Å²) in [5.74, 6) is 0.425. The third-order valence-corrected chi connectivity index (χ3v) is 4.84.